The third kappa shape index (κ3) is 3.05. The molecule has 0 spiro atoms. The minimum absolute atomic E-state index is 0.203. The fourth-order valence-corrected chi connectivity index (χ4v) is 3.36. The fourth-order valence-electron chi connectivity index (χ4n) is 3.36. The molecule has 1 aromatic heterocycles. The van der Waals surface area contributed by atoms with Crippen LogP contribution in [-0.4, -0.2) is 35.9 Å². The Labute approximate surface area is 150 Å². The van der Waals surface area contributed by atoms with Crippen molar-refractivity contribution in [3.63, 3.8) is 0 Å². The zero-order valence-electron chi connectivity index (χ0n) is 15.1. The number of primary amides is 1. The Kier molecular flexibility index (Phi) is 4.71. The predicted octanol–water partition coefficient (Wildman–Crippen LogP) is 1.57. The Balaban J connectivity index is 1.82. The molecule has 3 rings (SSSR count). The van der Waals surface area contributed by atoms with Gasteiger partial charge in [0.1, 0.15) is 17.4 Å². The van der Waals surface area contributed by atoms with E-state index < -0.39 is 11.9 Å². The number of benzene rings is 1. The quantitative estimate of drug-likeness (QED) is 0.836. The second-order valence-corrected chi connectivity index (χ2v) is 6.64. The summed E-state index contributed by atoms with van der Waals surface area (Å²) in [5, 5.41) is 0.839. The predicted molar refractivity (Wildman–Crippen MR) is 96.1 cm³/mol. The molecule has 0 bridgehead atoms. The molecule has 1 aromatic carbocycles. The number of rotatable bonds is 4. The molecule has 7 nitrogen and oxygen atoms in total. The highest BCUT2D eigenvalue weighted by molar-refractivity contribution is 5.88. The first-order chi connectivity index (χ1) is 12.3. The lowest BCUT2D eigenvalue weighted by Gasteiger charge is -2.22. The molecule has 1 unspecified atom stereocenters. The molecule has 7 heteroatoms. The van der Waals surface area contributed by atoms with Gasteiger partial charge in [0.2, 0.25) is 5.91 Å². The van der Waals surface area contributed by atoms with E-state index in [1.807, 2.05) is 13.0 Å². The van der Waals surface area contributed by atoms with Crippen molar-refractivity contribution >= 4 is 22.8 Å². The Morgan fingerprint density at radius 2 is 1.96 bits per heavy atom. The topological polar surface area (TPSA) is 103 Å². The van der Waals surface area contributed by atoms with Crippen molar-refractivity contribution in [3.05, 3.63) is 39.2 Å². The Morgan fingerprint density at radius 3 is 2.65 bits per heavy atom. The van der Waals surface area contributed by atoms with Gasteiger partial charge in [-0.25, -0.2) is 4.79 Å². The van der Waals surface area contributed by atoms with Crippen molar-refractivity contribution in [2.45, 2.75) is 39.7 Å². The first-order valence-electron chi connectivity index (χ1n) is 8.56. The number of fused-ring (bicyclic) bond motifs is 1. The summed E-state index contributed by atoms with van der Waals surface area (Å²) >= 11 is 0. The highest BCUT2D eigenvalue weighted by atomic mass is 16.5. The maximum Gasteiger partial charge on any atom is 0.339 e. The molecule has 2 amide bonds. The minimum Gasteiger partial charge on any atom is -0.483 e. The van der Waals surface area contributed by atoms with Gasteiger partial charge in [0.05, 0.1) is 0 Å². The van der Waals surface area contributed by atoms with Gasteiger partial charge in [0, 0.05) is 23.1 Å². The number of likely N-dealkylation sites (tertiary alicyclic amines) is 1. The number of ether oxygens (including phenoxy) is 1. The molecule has 1 aliphatic heterocycles. The first-order valence-corrected chi connectivity index (χ1v) is 8.56. The molecule has 2 aromatic rings. The van der Waals surface area contributed by atoms with Crippen LogP contribution in [0.3, 0.4) is 0 Å². The van der Waals surface area contributed by atoms with E-state index in [4.69, 9.17) is 14.9 Å². The zero-order chi connectivity index (χ0) is 19.0. The van der Waals surface area contributed by atoms with Crippen LogP contribution in [0.15, 0.2) is 21.3 Å². The third-order valence-electron chi connectivity index (χ3n) is 5.08. The Bertz CT molecular complexity index is 947. The van der Waals surface area contributed by atoms with Crippen molar-refractivity contribution < 1.29 is 18.7 Å². The number of carbonyl (C=O) groups is 2. The monoisotopic (exact) mass is 358 g/mol. The van der Waals surface area contributed by atoms with Gasteiger partial charge in [-0.05, 0) is 51.3 Å². The Hall–Kier alpha value is -2.83. The number of amides is 2. The van der Waals surface area contributed by atoms with Crippen LogP contribution in [0.2, 0.25) is 0 Å². The van der Waals surface area contributed by atoms with Crippen LogP contribution >= 0.6 is 0 Å². The van der Waals surface area contributed by atoms with Gasteiger partial charge in [-0.2, -0.15) is 0 Å². The van der Waals surface area contributed by atoms with Crippen molar-refractivity contribution in [1.82, 2.24) is 4.90 Å². The molecule has 2 heterocycles. The lowest BCUT2D eigenvalue weighted by atomic mass is 10.0. The summed E-state index contributed by atoms with van der Waals surface area (Å²) in [6.45, 7) is 5.67. The molecule has 0 aliphatic carbocycles. The second-order valence-electron chi connectivity index (χ2n) is 6.64. The van der Waals surface area contributed by atoms with E-state index in [2.05, 4.69) is 0 Å². The maximum absolute atomic E-state index is 12.4. The number of aryl methyl sites for hydroxylation is 2. The zero-order valence-corrected chi connectivity index (χ0v) is 15.1. The minimum atomic E-state index is -0.563. The SMILES string of the molecule is Cc1c(C)c2ccc(OCC(=O)N3CCCC3C(N)=O)c(C)c2oc1=O. The number of nitrogens with two attached hydrogens (primary N) is 1. The highest BCUT2D eigenvalue weighted by Gasteiger charge is 2.32. The molecular formula is C19H22N2O5. The summed E-state index contributed by atoms with van der Waals surface area (Å²) < 4.78 is 11.1. The molecule has 0 saturated carbocycles. The summed E-state index contributed by atoms with van der Waals surface area (Å²) in [5.74, 6) is -0.315. The average molecular weight is 358 g/mol. The molecule has 1 saturated heterocycles. The molecule has 1 fully saturated rings. The van der Waals surface area contributed by atoms with Crippen molar-refractivity contribution in [2.24, 2.45) is 5.73 Å². The van der Waals surface area contributed by atoms with E-state index in [9.17, 15) is 14.4 Å². The maximum atomic E-state index is 12.4. The van der Waals surface area contributed by atoms with E-state index in [1.54, 1.807) is 19.9 Å². The number of nitrogens with zero attached hydrogens (tertiary/aromatic N) is 1. The van der Waals surface area contributed by atoms with Crippen LogP contribution in [0.1, 0.15) is 29.5 Å². The van der Waals surface area contributed by atoms with Gasteiger partial charge in [-0.15, -0.1) is 0 Å². The normalized spacial score (nSPS) is 16.9. The highest BCUT2D eigenvalue weighted by Crippen LogP contribution is 2.29. The molecule has 0 radical (unpaired) electrons. The van der Waals surface area contributed by atoms with Crippen molar-refractivity contribution in [3.8, 4) is 5.75 Å². The van der Waals surface area contributed by atoms with Crippen LogP contribution in [-0.2, 0) is 9.59 Å². The van der Waals surface area contributed by atoms with E-state index in [-0.39, 0.29) is 18.1 Å². The summed E-state index contributed by atoms with van der Waals surface area (Å²) in [6.07, 6.45) is 1.33. The van der Waals surface area contributed by atoms with Crippen LogP contribution < -0.4 is 16.1 Å². The Morgan fingerprint density at radius 1 is 1.23 bits per heavy atom. The molecule has 26 heavy (non-hydrogen) atoms. The van der Waals surface area contributed by atoms with Gasteiger partial charge >= 0.3 is 5.63 Å². The van der Waals surface area contributed by atoms with E-state index in [0.29, 0.717) is 35.4 Å². The number of hydrogen-bond donors (Lipinski definition) is 1. The standard InChI is InChI=1S/C19H22N2O5/c1-10-11(2)19(24)26-17-12(3)15(7-6-13(10)17)25-9-16(22)21-8-4-5-14(21)18(20)23/h6-7,14H,4-5,8-9H2,1-3H3,(H2,20,23). The smallest absolute Gasteiger partial charge is 0.339 e. The number of hydrogen-bond acceptors (Lipinski definition) is 5. The largest absolute Gasteiger partial charge is 0.483 e. The molecule has 1 aliphatic rings. The lowest BCUT2D eigenvalue weighted by Crippen LogP contribution is -2.45. The van der Waals surface area contributed by atoms with Gasteiger partial charge in [0.25, 0.3) is 5.91 Å². The van der Waals surface area contributed by atoms with Crippen LogP contribution in [0.5, 0.6) is 5.75 Å². The average Bonchev–Trinajstić information content (AvgIpc) is 3.10. The van der Waals surface area contributed by atoms with E-state index in [0.717, 1.165) is 17.4 Å². The van der Waals surface area contributed by atoms with Gasteiger partial charge in [0.15, 0.2) is 6.61 Å². The van der Waals surface area contributed by atoms with Crippen LogP contribution in [0.25, 0.3) is 11.0 Å². The second kappa shape index (κ2) is 6.82. The summed E-state index contributed by atoms with van der Waals surface area (Å²) in [5.41, 5.74) is 7.52. The van der Waals surface area contributed by atoms with E-state index >= 15 is 0 Å². The van der Waals surface area contributed by atoms with Gasteiger partial charge in [-0.3, -0.25) is 9.59 Å². The number of carbonyl (C=O) groups excluding carboxylic acids is 2. The summed E-state index contributed by atoms with van der Waals surface area (Å²) in [6, 6.07) is 3.01. The molecule has 2 N–H and O–H groups in total. The van der Waals surface area contributed by atoms with Crippen molar-refractivity contribution in [2.75, 3.05) is 13.2 Å². The third-order valence-corrected chi connectivity index (χ3v) is 5.08. The van der Waals surface area contributed by atoms with Crippen LogP contribution in [0.4, 0.5) is 0 Å². The molecule has 138 valence electrons. The van der Waals surface area contributed by atoms with Gasteiger partial charge < -0.3 is 19.8 Å². The fraction of sp³-hybridized carbons (Fsp3) is 0.421. The van der Waals surface area contributed by atoms with Gasteiger partial charge in [-0.1, -0.05) is 0 Å². The molecule has 1 atom stereocenters. The molecular weight excluding hydrogens is 336 g/mol. The summed E-state index contributed by atoms with van der Waals surface area (Å²) in [4.78, 5) is 37.2. The van der Waals surface area contributed by atoms with E-state index in [1.165, 1.54) is 4.90 Å². The lowest BCUT2D eigenvalue weighted by molar-refractivity contribution is -0.138. The van der Waals surface area contributed by atoms with Crippen LogP contribution in [0, 0.1) is 20.8 Å². The summed E-state index contributed by atoms with van der Waals surface area (Å²) in [7, 11) is 0. The first kappa shape index (κ1) is 18.0. The van der Waals surface area contributed by atoms with Crippen molar-refractivity contribution in [1.29, 1.82) is 0 Å².